The molecule has 1 aliphatic carbocycles. The number of benzene rings is 1. The van der Waals surface area contributed by atoms with E-state index in [4.69, 9.17) is 11.6 Å². The molecule has 0 spiro atoms. The van der Waals surface area contributed by atoms with E-state index in [1.165, 1.54) is 0 Å². The first kappa shape index (κ1) is 11.5. The predicted molar refractivity (Wildman–Crippen MR) is 64.0 cm³/mol. The van der Waals surface area contributed by atoms with E-state index in [1.54, 1.807) is 6.07 Å². The Morgan fingerprint density at radius 3 is 2.44 bits per heavy atom. The van der Waals surface area contributed by atoms with Gasteiger partial charge in [-0.1, -0.05) is 30.5 Å². The maximum Gasteiger partial charge on any atom is 0.314 e. The first-order chi connectivity index (χ1) is 7.54. The van der Waals surface area contributed by atoms with Crippen LogP contribution in [0.5, 0.6) is 0 Å². The molecule has 0 bridgehead atoms. The minimum Gasteiger partial charge on any atom is -0.481 e. The lowest BCUT2D eigenvalue weighted by atomic mass is 9.78. The van der Waals surface area contributed by atoms with E-state index in [1.807, 2.05) is 19.1 Å². The zero-order chi connectivity index (χ0) is 11.8. The summed E-state index contributed by atoms with van der Waals surface area (Å²) in [5.41, 5.74) is 1.19. The molecule has 0 amide bonds. The second-order valence-corrected chi connectivity index (χ2v) is 5.05. The maximum atomic E-state index is 11.5. The van der Waals surface area contributed by atoms with Gasteiger partial charge < -0.3 is 5.11 Å². The van der Waals surface area contributed by atoms with Crippen LogP contribution in [0.15, 0.2) is 18.2 Å². The van der Waals surface area contributed by atoms with E-state index < -0.39 is 11.4 Å². The van der Waals surface area contributed by atoms with Crippen molar-refractivity contribution in [3.8, 4) is 0 Å². The van der Waals surface area contributed by atoms with Crippen LogP contribution in [-0.4, -0.2) is 11.1 Å². The van der Waals surface area contributed by atoms with Gasteiger partial charge in [0.2, 0.25) is 0 Å². The van der Waals surface area contributed by atoms with Gasteiger partial charge in [-0.05, 0) is 43.0 Å². The van der Waals surface area contributed by atoms with Crippen LogP contribution < -0.4 is 0 Å². The zero-order valence-electron chi connectivity index (χ0n) is 9.29. The summed E-state index contributed by atoms with van der Waals surface area (Å²) in [6.45, 7) is 1.94. The van der Waals surface area contributed by atoms with Gasteiger partial charge in [-0.3, -0.25) is 4.79 Å². The van der Waals surface area contributed by atoms with Gasteiger partial charge in [0.15, 0.2) is 0 Å². The number of halogens is 1. The number of carbonyl (C=O) groups is 1. The Hall–Kier alpha value is -1.02. The summed E-state index contributed by atoms with van der Waals surface area (Å²) in [4.78, 5) is 11.5. The van der Waals surface area contributed by atoms with Crippen molar-refractivity contribution in [2.24, 2.45) is 0 Å². The molecule has 0 atom stereocenters. The average molecular weight is 239 g/mol. The third-order valence-corrected chi connectivity index (χ3v) is 3.68. The van der Waals surface area contributed by atoms with Crippen molar-refractivity contribution in [3.63, 3.8) is 0 Å². The summed E-state index contributed by atoms with van der Waals surface area (Å²) in [5, 5.41) is 10.1. The molecule has 0 heterocycles. The number of aliphatic carboxylic acids is 1. The fourth-order valence-electron chi connectivity index (χ4n) is 2.62. The Kier molecular flexibility index (Phi) is 2.94. The van der Waals surface area contributed by atoms with Crippen molar-refractivity contribution >= 4 is 17.6 Å². The molecule has 1 aromatic rings. The Bertz CT molecular complexity index is 400. The van der Waals surface area contributed by atoms with Gasteiger partial charge in [-0.25, -0.2) is 0 Å². The first-order valence-corrected chi connectivity index (χ1v) is 5.93. The van der Waals surface area contributed by atoms with Crippen LogP contribution in [0.4, 0.5) is 0 Å². The average Bonchev–Trinajstić information content (AvgIpc) is 2.65. The van der Waals surface area contributed by atoms with Crippen molar-refractivity contribution in [2.75, 3.05) is 0 Å². The monoisotopic (exact) mass is 238 g/mol. The Morgan fingerprint density at radius 1 is 1.31 bits per heavy atom. The summed E-state index contributed by atoms with van der Waals surface area (Å²) in [5.74, 6) is -0.716. The molecule has 3 heteroatoms. The van der Waals surface area contributed by atoms with Crippen LogP contribution in [0.25, 0.3) is 0 Å². The van der Waals surface area contributed by atoms with Crippen molar-refractivity contribution in [3.05, 3.63) is 34.3 Å². The fraction of sp³-hybridized carbons (Fsp3) is 0.462. The Labute approximate surface area is 100 Å². The number of carboxylic acid groups (broad SMARTS) is 1. The van der Waals surface area contributed by atoms with Crippen molar-refractivity contribution < 1.29 is 9.90 Å². The molecule has 1 N–H and O–H groups in total. The lowest BCUT2D eigenvalue weighted by molar-refractivity contribution is -0.143. The highest BCUT2D eigenvalue weighted by molar-refractivity contribution is 6.30. The van der Waals surface area contributed by atoms with Crippen LogP contribution in [0, 0.1) is 6.92 Å². The molecule has 16 heavy (non-hydrogen) atoms. The zero-order valence-corrected chi connectivity index (χ0v) is 10.0. The smallest absolute Gasteiger partial charge is 0.314 e. The molecule has 1 fully saturated rings. The summed E-state index contributed by atoms with van der Waals surface area (Å²) in [7, 11) is 0. The van der Waals surface area contributed by atoms with E-state index in [2.05, 4.69) is 0 Å². The molecule has 1 aromatic carbocycles. The topological polar surface area (TPSA) is 37.3 Å². The van der Waals surface area contributed by atoms with E-state index >= 15 is 0 Å². The SMILES string of the molecule is Cc1cc(Cl)cc(C2(C(=O)O)CCCC2)c1. The van der Waals surface area contributed by atoms with Crippen LogP contribution in [0.3, 0.4) is 0 Å². The van der Waals surface area contributed by atoms with Gasteiger partial charge >= 0.3 is 5.97 Å². The van der Waals surface area contributed by atoms with E-state index in [-0.39, 0.29) is 0 Å². The second kappa shape index (κ2) is 4.10. The predicted octanol–water partition coefficient (Wildman–Crippen LogP) is 3.54. The van der Waals surface area contributed by atoms with E-state index in [9.17, 15) is 9.90 Å². The number of carboxylic acids is 1. The summed E-state index contributed by atoms with van der Waals surface area (Å²) >= 11 is 6.00. The third kappa shape index (κ3) is 1.82. The second-order valence-electron chi connectivity index (χ2n) is 4.61. The van der Waals surface area contributed by atoms with Gasteiger partial charge in [0.1, 0.15) is 0 Å². The molecule has 2 nitrogen and oxygen atoms in total. The minimum absolute atomic E-state index is 0.627. The van der Waals surface area contributed by atoms with Gasteiger partial charge in [0.25, 0.3) is 0 Å². The minimum atomic E-state index is -0.716. The quantitative estimate of drug-likeness (QED) is 0.856. The molecular weight excluding hydrogens is 224 g/mol. The largest absolute Gasteiger partial charge is 0.481 e. The number of hydrogen-bond acceptors (Lipinski definition) is 1. The molecule has 0 radical (unpaired) electrons. The highest BCUT2D eigenvalue weighted by Crippen LogP contribution is 2.42. The van der Waals surface area contributed by atoms with Crippen LogP contribution in [0.2, 0.25) is 5.02 Å². The van der Waals surface area contributed by atoms with E-state index in [0.717, 1.165) is 36.8 Å². The standard InChI is InChI=1S/C13H15ClO2/c1-9-6-10(8-11(14)7-9)13(12(15)16)4-2-3-5-13/h6-8H,2-5H2,1H3,(H,15,16). The van der Waals surface area contributed by atoms with Crippen LogP contribution in [-0.2, 0) is 10.2 Å². The molecule has 86 valence electrons. The number of hydrogen-bond donors (Lipinski definition) is 1. The number of rotatable bonds is 2. The van der Waals surface area contributed by atoms with Gasteiger partial charge in [-0.2, -0.15) is 0 Å². The summed E-state index contributed by atoms with van der Waals surface area (Å²) in [6, 6.07) is 5.61. The molecule has 0 aromatic heterocycles. The maximum absolute atomic E-state index is 11.5. The van der Waals surface area contributed by atoms with Crippen LogP contribution in [0.1, 0.15) is 36.8 Å². The van der Waals surface area contributed by atoms with Crippen molar-refractivity contribution in [2.45, 2.75) is 38.0 Å². The lowest BCUT2D eigenvalue weighted by Crippen LogP contribution is -2.32. The van der Waals surface area contributed by atoms with Gasteiger partial charge in [-0.15, -0.1) is 0 Å². The van der Waals surface area contributed by atoms with Gasteiger partial charge in [0, 0.05) is 5.02 Å². The molecular formula is C13H15ClO2. The normalized spacial score (nSPS) is 18.6. The first-order valence-electron chi connectivity index (χ1n) is 5.56. The van der Waals surface area contributed by atoms with Gasteiger partial charge in [0.05, 0.1) is 5.41 Å². The third-order valence-electron chi connectivity index (χ3n) is 3.46. The summed E-state index contributed by atoms with van der Waals surface area (Å²) < 4.78 is 0. The fourth-order valence-corrected chi connectivity index (χ4v) is 2.91. The lowest BCUT2D eigenvalue weighted by Gasteiger charge is -2.25. The van der Waals surface area contributed by atoms with Crippen molar-refractivity contribution in [1.29, 1.82) is 0 Å². The Balaban J connectivity index is 2.51. The highest BCUT2D eigenvalue weighted by atomic mass is 35.5. The van der Waals surface area contributed by atoms with E-state index in [0.29, 0.717) is 5.02 Å². The highest BCUT2D eigenvalue weighted by Gasteiger charge is 2.42. The number of aryl methyl sites for hydroxylation is 1. The molecule has 2 rings (SSSR count). The Morgan fingerprint density at radius 2 is 1.94 bits per heavy atom. The summed E-state index contributed by atoms with van der Waals surface area (Å²) in [6.07, 6.45) is 3.42. The molecule has 1 aliphatic rings. The van der Waals surface area contributed by atoms with Crippen molar-refractivity contribution in [1.82, 2.24) is 0 Å². The molecule has 0 saturated heterocycles. The molecule has 0 aliphatic heterocycles. The molecule has 1 saturated carbocycles. The molecule has 0 unspecified atom stereocenters. The van der Waals surface area contributed by atoms with Crippen LogP contribution >= 0.6 is 11.6 Å².